The van der Waals surface area contributed by atoms with Crippen molar-refractivity contribution in [2.75, 3.05) is 11.9 Å². The first-order valence-electron chi connectivity index (χ1n) is 5.78. The molecule has 1 aliphatic heterocycles. The predicted octanol–water partition coefficient (Wildman–Crippen LogP) is 0.782. The number of anilines is 1. The van der Waals surface area contributed by atoms with Crippen molar-refractivity contribution in [1.82, 2.24) is 14.8 Å². The van der Waals surface area contributed by atoms with Gasteiger partial charge in [-0.15, -0.1) is 0 Å². The van der Waals surface area contributed by atoms with Gasteiger partial charge in [0, 0.05) is 18.9 Å². The van der Waals surface area contributed by atoms with E-state index in [1.165, 1.54) is 6.20 Å². The van der Waals surface area contributed by atoms with E-state index in [2.05, 4.69) is 15.4 Å². The van der Waals surface area contributed by atoms with Gasteiger partial charge in [-0.1, -0.05) is 0 Å². The van der Waals surface area contributed by atoms with Gasteiger partial charge in [-0.3, -0.25) is 9.78 Å². The summed E-state index contributed by atoms with van der Waals surface area (Å²) in [5.74, 6) is 0.245. The largest absolute Gasteiger partial charge is 0.369 e. The zero-order valence-corrected chi connectivity index (χ0v) is 9.71. The first kappa shape index (κ1) is 10.8. The monoisotopic (exact) mass is 243 g/mol. The van der Waals surface area contributed by atoms with Crippen LogP contribution in [0.5, 0.6) is 0 Å². The van der Waals surface area contributed by atoms with E-state index in [9.17, 15) is 4.79 Å². The van der Waals surface area contributed by atoms with Crippen molar-refractivity contribution in [2.45, 2.75) is 12.5 Å². The molecule has 1 unspecified atom stereocenters. The van der Waals surface area contributed by atoms with Crippen LogP contribution in [0.25, 0.3) is 0 Å². The molecule has 1 amide bonds. The molecule has 2 aromatic rings. The Labute approximate surface area is 104 Å². The molecule has 3 N–H and O–H groups in total. The van der Waals surface area contributed by atoms with Crippen LogP contribution in [0.1, 0.15) is 28.4 Å². The zero-order chi connectivity index (χ0) is 12.5. The van der Waals surface area contributed by atoms with E-state index >= 15 is 0 Å². The number of hydrogen-bond donors (Lipinski definition) is 2. The fourth-order valence-electron chi connectivity index (χ4n) is 2.30. The van der Waals surface area contributed by atoms with Crippen LogP contribution in [0, 0.1) is 0 Å². The molecule has 0 aliphatic carbocycles. The summed E-state index contributed by atoms with van der Waals surface area (Å²) in [6, 6.07) is 4.05. The molecule has 0 bridgehead atoms. The second-order valence-corrected chi connectivity index (χ2v) is 4.23. The number of aromatic nitrogens is 3. The van der Waals surface area contributed by atoms with Crippen molar-refractivity contribution in [3.8, 4) is 0 Å². The molecule has 3 heterocycles. The average Bonchev–Trinajstić information content (AvgIpc) is 2.83. The Bertz CT molecular complexity index is 577. The summed E-state index contributed by atoms with van der Waals surface area (Å²) >= 11 is 0. The van der Waals surface area contributed by atoms with Crippen LogP contribution in [0.3, 0.4) is 0 Å². The molecule has 92 valence electrons. The molecular weight excluding hydrogens is 230 g/mol. The Morgan fingerprint density at radius 2 is 2.22 bits per heavy atom. The summed E-state index contributed by atoms with van der Waals surface area (Å²) in [4.78, 5) is 15.3. The van der Waals surface area contributed by atoms with Crippen LogP contribution in [0.2, 0.25) is 0 Å². The predicted molar refractivity (Wildman–Crippen MR) is 66.2 cm³/mol. The minimum Gasteiger partial charge on any atom is -0.369 e. The molecule has 3 rings (SSSR count). The average molecular weight is 243 g/mol. The lowest BCUT2D eigenvalue weighted by Gasteiger charge is -2.26. The van der Waals surface area contributed by atoms with Crippen molar-refractivity contribution >= 4 is 11.7 Å². The van der Waals surface area contributed by atoms with Crippen molar-refractivity contribution < 1.29 is 4.79 Å². The van der Waals surface area contributed by atoms with Gasteiger partial charge >= 0.3 is 0 Å². The fraction of sp³-hybridized carbons (Fsp3) is 0.250. The van der Waals surface area contributed by atoms with E-state index in [0.29, 0.717) is 11.4 Å². The number of primary amides is 1. The van der Waals surface area contributed by atoms with Gasteiger partial charge in [-0.2, -0.15) is 5.10 Å². The minimum absolute atomic E-state index is 0.123. The van der Waals surface area contributed by atoms with Gasteiger partial charge in [0.25, 0.3) is 5.91 Å². The summed E-state index contributed by atoms with van der Waals surface area (Å²) in [6.07, 6.45) is 5.95. The highest BCUT2D eigenvalue weighted by atomic mass is 16.1. The van der Waals surface area contributed by atoms with Crippen molar-refractivity contribution in [3.05, 3.63) is 41.9 Å². The molecule has 0 radical (unpaired) electrons. The number of nitrogens with one attached hydrogen (secondary N) is 1. The molecule has 6 nitrogen and oxygen atoms in total. The normalized spacial score (nSPS) is 17.9. The Morgan fingerprint density at radius 3 is 2.94 bits per heavy atom. The first-order chi connectivity index (χ1) is 8.77. The summed E-state index contributed by atoms with van der Waals surface area (Å²) in [7, 11) is 0. The zero-order valence-electron chi connectivity index (χ0n) is 9.71. The number of hydrogen-bond acceptors (Lipinski definition) is 4. The maximum Gasteiger partial charge on any atom is 0.254 e. The molecule has 0 saturated heterocycles. The Kier molecular flexibility index (Phi) is 2.47. The van der Waals surface area contributed by atoms with Crippen molar-refractivity contribution in [3.63, 3.8) is 0 Å². The molecule has 0 spiro atoms. The van der Waals surface area contributed by atoms with Crippen LogP contribution < -0.4 is 11.1 Å². The van der Waals surface area contributed by atoms with Gasteiger partial charge in [-0.25, -0.2) is 4.68 Å². The highest BCUT2D eigenvalue weighted by molar-refractivity contribution is 5.97. The Hall–Kier alpha value is -2.37. The SMILES string of the molecule is NC(=O)c1cnn2c1NCCC2c1ccncc1. The smallest absolute Gasteiger partial charge is 0.254 e. The fourth-order valence-corrected chi connectivity index (χ4v) is 2.30. The van der Waals surface area contributed by atoms with Crippen LogP contribution in [-0.2, 0) is 0 Å². The summed E-state index contributed by atoms with van der Waals surface area (Å²) < 4.78 is 1.82. The topological polar surface area (TPSA) is 85.8 Å². The third-order valence-electron chi connectivity index (χ3n) is 3.16. The maximum atomic E-state index is 11.3. The molecule has 2 aromatic heterocycles. The summed E-state index contributed by atoms with van der Waals surface area (Å²) in [6.45, 7) is 0.791. The summed E-state index contributed by atoms with van der Waals surface area (Å²) in [5, 5.41) is 7.45. The standard InChI is InChI=1S/C12H13N5O/c13-11(18)9-7-16-17-10(3-6-15-12(9)17)8-1-4-14-5-2-8/h1-2,4-5,7,10,15H,3,6H2,(H2,13,18). The van der Waals surface area contributed by atoms with E-state index in [1.54, 1.807) is 12.4 Å². The molecular formula is C12H13N5O. The number of fused-ring (bicyclic) bond motifs is 1. The van der Waals surface area contributed by atoms with Gasteiger partial charge < -0.3 is 11.1 Å². The number of nitrogens with two attached hydrogens (primary N) is 1. The lowest BCUT2D eigenvalue weighted by molar-refractivity contribution is 0.100. The van der Waals surface area contributed by atoms with E-state index < -0.39 is 5.91 Å². The minimum atomic E-state index is -0.459. The molecule has 0 fully saturated rings. The Balaban J connectivity index is 2.06. The number of pyridine rings is 1. The maximum absolute atomic E-state index is 11.3. The second kappa shape index (κ2) is 4.14. The van der Waals surface area contributed by atoms with E-state index in [0.717, 1.165) is 18.5 Å². The highest BCUT2D eigenvalue weighted by Crippen LogP contribution is 2.30. The summed E-state index contributed by atoms with van der Waals surface area (Å²) in [5.41, 5.74) is 6.89. The lowest BCUT2D eigenvalue weighted by Crippen LogP contribution is -2.26. The number of carbonyl (C=O) groups excluding carboxylic acids is 1. The van der Waals surface area contributed by atoms with Crippen LogP contribution in [0.15, 0.2) is 30.7 Å². The van der Waals surface area contributed by atoms with Gasteiger partial charge in [0.15, 0.2) is 0 Å². The molecule has 1 aliphatic rings. The van der Waals surface area contributed by atoms with Crippen molar-refractivity contribution in [2.24, 2.45) is 5.73 Å². The quantitative estimate of drug-likeness (QED) is 0.816. The van der Waals surface area contributed by atoms with Gasteiger partial charge in [-0.05, 0) is 24.1 Å². The van der Waals surface area contributed by atoms with Gasteiger partial charge in [0.2, 0.25) is 0 Å². The number of rotatable bonds is 2. The van der Waals surface area contributed by atoms with Gasteiger partial charge in [0.1, 0.15) is 11.4 Å². The molecule has 0 saturated carbocycles. The van der Waals surface area contributed by atoms with E-state index in [4.69, 9.17) is 5.73 Å². The first-order valence-corrected chi connectivity index (χ1v) is 5.78. The number of carbonyl (C=O) groups is 1. The molecule has 18 heavy (non-hydrogen) atoms. The van der Waals surface area contributed by atoms with Crippen LogP contribution in [0.4, 0.5) is 5.82 Å². The highest BCUT2D eigenvalue weighted by Gasteiger charge is 2.25. The van der Waals surface area contributed by atoms with E-state index in [1.807, 2.05) is 16.8 Å². The Morgan fingerprint density at radius 1 is 1.44 bits per heavy atom. The number of amides is 1. The number of nitrogens with zero attached hydrogens (tertiary/aromatic N) is 3. The van der Waals surface area contributed by atoms with Crippen molar-refractivity contribution in [1.29, 1.82) is 0 Å². The third kappa shape index (κ3) is 1.62. The van der Waals surface area contributed by atoms with Crippen LogP contribution in [-0.4, -0.2) is 27.2 Å². The van der Waals surface area contributed by atoms with Crippen LogP contribution >= 0.6 is 0 Å². The third-order valence-corrected chi connectivity index (χ3v) is 3.16. The second-order valence-electron chi connectivity index (χ2n) is 4.23. The molecule has 1 atom stereocenters. The molecule has 6 heteroatoms. The van der Waals surface area contributed by atoms with Gasteiger partial charge in [0.05, 0.1) is 12.2 Å². The molecule has 0 aromatic carbocycles. The van der Waals surface area contributed by atoms with E-state index in [-0.39, 0.29) is 6.04 Å². The lowest BCUT2D eigenvalue weighted by atomic mass is 10.0.